The predicted octanol–water partition coefficient (Wildman–Crippen LogP) is 1.74. The summed E-state index contributed by atoms with van der Waals surface area (Å²) in [6.45, 7) is 1.50. The third-order valence-electron chi connectivity index (χ3n) is 5.96. The van der Waals surface area contributed by atoms with Crippen LogP contribution in [0.5, 0.6) is 6.01 Å². The molecule has 32 heavy (non-hydrogen) atoms. The number of nitrogens with zero attached hydrogens (tertiary/aromatic N) is 3. The maximum atomic E-state index is 10.0. The molecule has 2 aromatic heterocycles. The molecule has 0 aliphatic carbocycles. The van der Waals surface area contributed by atoms with Gasteiger partial charge in [0.2, 0.25) is 0 Å². The molecule has 9 nitrogen and oxygen atoms in total. The van der Waals surface area contributed by atoms with E-state index in [1.54, 1.807) is 6.07 Å². The lowest BCUT2D eigenvalue weighted by molar-refractivity contribution is -0.131. The summed E-state index contributed by atoms with van der Waals surface area (Å²) in [5.74, 6) is 0. The summed E-state index contributed by atoms with van der Waals surface area (Å²) >= 11 is 6.50. The number of pyridine rings is 1. The van der Waals surface area contributed by atoms with E-state index in [0.717, 1.165) is 24.2 Å². The zero-order valence-corrected chi connectivity index (χ0v) is 18.1. The number of hydrogen-bond donors (Lipinski definition) is 4. The first-order valence-corrected chi connectivity index (χ1v) is 11.0. The number of nitrogens with one attached hydrogen (secondary N) is 1. The lowest BCUT2D eigenvalue weighted by atomic mass is 10.0. The molecule has 2 fully saturated rings. The van der Waals surface area contributed by atoms with Crippen LogP contribution >= 0.6 is 11.6 Å². The molecule has 5 rings (SSSR count). The molecule has 4 heterocycles. The van der Waals surface area contributed by atoms with Crippen LogP contribution in [-0.2, 0) is 4.74 Å². The summed E-state index contributed by atoms with van der Waals surface area (Å²) < 4.78 is 11.3. The van der Waals surface area contributed by atoms with Crippen LogP contribution in [0.2, 0.25) is 5.02 Å². The summed E-state index contributed by atoms with van der Waals surface area (Å²) in [7, 11) is 0. The number of β-amino-alcohol motifs (C(OH)–C–C–N with tert-alkyl or cyclic N) is 1. The number of imidazole rings is 1. The standard InChI is InChI=1S/C22H25ClN4O5/c23-16-8-17-21(26-22(24-17)32-15-7-18(30)19(10-28)31-11-15)25-20(16)12-1-3-13(4-2-12)27-6-5-14(29)9-27/h1-4,8,14-15,18-19,28-30H,5-7,9-11H2,(H,24,25,26). The number of hydrogen-bond acceptors (Lipinski definition) is 8. The molecular weight excluding hydrogens is 436 g/mol. The molecule has 0 spiro atoms. The maximum absolute atomic E-state index is 10.0. The molecule has 0 amide bonds. The summed E-state index contributed by atoms with van der Waals surface area (Å²) in [5.41, 5.74) is 3.65. The first-order valence-electron chi connectivity index (χ1n) is 10.7. The van der Waals surface area contributed by atoms with Gasteiger partial charge in [0, 0.05) is 30.8 Å². The molecule has 0 bridgehead atoms. The van der Waals surface area contributed by atoms with Crippen molar-refractivity contribution in [2.75, 3.05) is 31.2 Å². The van der Waals surface area contributed by atoms with Crippen molar-refractivity contribution < 1.29 is 24.8 Å². The van der Waals surface area contributed by atoms with E-state index in [4.69, 9.17) is 21.1 Å². The average Bonchev–Trinajstić information content (AvgIpc) is 3.38. The summed E-state index contributed by atoms with van der Waals surface area (Å²) in [6.07, 6.45) is -0.931. The first kappa shape index (κ1) is 21.4. The van der Waals surface area contributed by atoms with Crippen LogP contribution in [0.15, 0.2) is 30.3 Å². The number of rotatable bonds is 5. The molecule has 170 valence electrons. The number of aliphatic hydroxyl groups excluding tert-OH is 3. The highest BCUT2D eigenvalue weighted by atomic mass is 35.5. The van der Waals surface area contributed by atoms with Gasteiger partial charge in [-0.3, -0.25) is 0 Å². The number of aromatic amines is 1. The molecule has 4 unspecified atom stereocenters. The van der Waals surface area contributed by atoms with Gasteiger partial charge in [0.1, 0.15) is 12.2 Å². The van der Waals surface area contributed by atoms with Gasteiger partial charge in [-0.05, 0) is 24.6 Å². The monoisotopic (exact) mass is 460 g/mol. The highest BCUT2D eigenvalue weighted by molar-refractivity contribution is 6.33. The van der Waals surface area contributed by atoms with Crippen molar-refractivity contribution in [3.05, 3.63) is 35.4 Å². The zero-order valence-electron chi connectivity index (χ0n) is 17.3. The van der Waals surface area contributed by atoms with E-state index >= 15 is 0 Å². The zero-order chi connectivity index (χ0) is 22.2. The fourth-order valence-electron chi connectivity index (χ4n) is 4.21. The number of H-pyrrole nitrogens is 1. The molecule has 2 saturated heterocycles. The number of aromatic nitrogens is 3. The number of benzene rings is 1. The Hall–Kier alpha value is -2.43. The van der Waals surface area contributed by atoms with Gasteiger partial charge < -0.3 is 34.7 Å². The first-order chi connectivity index (χ1) is 15.5. The van der Waals surface area contributed by atoms with Crippen molar-refractivity contribution in [1.29, 1.82) is 0 Å². The van der Waals surface area contributed by atoms with Crippen molar-refractivity contribution in [2.24, 2.45) is 0 Å². The minimum atomic E-state index is -0.797. The second-order valence-corrected chi connectivity index (χ2v) is 8.67. The number of halogens is 1. The van der Waals surface area contributed by atoms with Crippen LogP contribution in [0.1, 0.15) is 12.8 Å². The molecule has 0 radical (unpaired) electrons. The SMILES string of the molecule is OCC1OCC(Oc2nc3nc(-c4ccc(N5CCC(O)C5)cc4)c(Cl)cc3[nH]2)CC1O. The van der Waals surface area contributed by atoms with Crippen LogP contribution in [0, 0.1) is 0 Å². The number of aliphatic hydroxyl groups is 3. The van der Waals surface area contributed by atoms with Gasteiger partial charge in [0.15, 0.2) is 5.65 Å². The van der Waals surface area contributed by atoms with E-state index in [9.17, 15) is 15.3 Å². The Morgan fingerprint density at radius 2 is 2.03 bits per heavy atom. The molecule has 1 aromatic carbocycles. The van der Waals surface area contributed by atoms with E-state index in [1.807, 2.05) is 24.3 Å². The minimum absolute atomic E-state index is 0.231. The Bertz CT molecular complexity index is 1090. The van der Waals surface area contributed by atoms with E-state index in [1.165, 1.54) is 0 Å². The third kappa shape index (κ3) is 4.26. The molecule has 3 aromatic rings. The molecule has 0 saturated carbocycles. The molecule has 4 atom stereocenters. The maximum Gasteiger partial charge on any atom is 0.296 e. The molecule has 10 heteroatoms. The largest absolute Gasteiger partial charge is 0.459 e. The Balaban J connectivity index is 1.33. The lowest BCUT2D eigenvalue weighted by Crippen LogP contribution is -2.45. The van der Waals surface area contributed by atoms with Gasteiger partial charge in [-0.15, -0.1) is 0 Å². The number of ether oxygens (including phenoxy) is 2. The number of anilines is 1. The number of fused-ring (bicyclic) bond motifs is 1. The fourth-order valence-corrected chi connectivity index (χ4v) is 4.47. The molecular formula is C22H25ClN4O5. The average molecular weight is 461 g/mol. The molecule has 2 aliphatic rings. The van der Waals surface area contributed by atoms with E-state index in [-0.39, 0.29) is 31.4 Å². The van der Waals surface area contributed by atoms with Gasteiger partial charge >= 0.3 is 0 Å². The normalized spacial score (nSPS) is 26.1. The fraction of sp³-hybridized carbons (Fsp3) is 0.455. The van der Waals surface area contributed by atoms with E-state index in [0.29, 0.717) is 34.8 Å². The summed E-state index contributed by atoms with van der Waals surface area (Å²) in [6, 6.07) is 9.96. The quantitative estimate of drug-likeness (QED) is 0.454. The van der Waals surface area contributed by atoms with Crippen LogP contribution in [-0.4, -0.2) is 81.0 Å². The summed E-state index contributed by atoms with van der Waals surface area (Å²) in [4.78, 5) is 14.2. The predicted molar refractivity (Wildman–Crippen MR) is 119 cm³/mol. The van der Waals surface area contributed by atoms with Crippen molar-refractivity contribution in [3.8, 4) is 17.3 Å². The van der Waals surface area contributed by atoms with Crippen LogP contribution < -0.4 is 9.64 Å². The Kier molecular flexibility index (Phi) is 5.92. The third-order valence-corrected chi connectivity index (χ3v) is 6.25. The van der Waals surface area contributed by atoms with E-state index < -0.39 is 12.2 Å². The van der Waals surface area contributed by atoms with E-state index in [2.05, 4.69) is 19.9 Å². The van der Waals surface area contributed by atoms with Crippen LogP contribution in [0.4, 0.5) is 5.69 Å². The van der Waals surface area contributed by atoms with Gasteiger partial charge in [-0.2, -0.15) is 4.98 Å². The van der Waals surface area contributed by atoms with Gasteiger partial charge in [-0.1, -0.05) is 23.7 Å². The van der Waals surface area contributed by atoms with Crippen LogP contribution in [0.3, 0.4) is 0 Å². The topological polar surface area (TPSA) is 124 Å². The van der Waals surface area contributed by atoms with Crippen molar-refractivity contribution in [3.63, 3.8) is 0 Å². The second-order valence-electron chi connectivity index (χ2n) is 8.26. The van der Waals surface area contributed by atoms with Gasteiger partial charge in [0.05, 0.1) is 41.7 Å². The Morgan fingerprint density at radius 3 is 2.72 bits per heavy atom. The Morgan fingerprint density at radius 1 is 1.22 bits per heavy atom. The lowest BCUT2D eigenvalue weighted by Gasteiger charge is -2.31. The Labute approximate surface area is 189 Å². The minimum Gasteiger partial charge on any atom is -0.459 e. The summed E-state index contributed by atoms with van der Waals surface area (Å²) in [5, 5.41) is 29.4. The second kappa shape index (κ2) is 8.84. The smallest absolute Gasteiger partial charge is 0.296 e. The van der Waals surface area contributed by atoms with Crippen molar-refractivity contribution in [2.45, 2.75) is 37.3 Å². The van der Waals surface area contributed by atoms with Gasteiger partial charge in [0.25, 0.3) is 6.01 Å². The van der Waals surface area contributed by atoms with Crippen molar-refractivity contribution >= 4 is 28.5 Å². The highest BCUT2D eigenvalue weighted by Crippen LogP contribution is 2.31. The highest BCUT2D eigenvalue weighted by Gasteiger charge is 2.31. The van der Waals surface area contributed by atoms with Gasteiger partial charge in [-0.25, -0.2) is 4.98 Å². The molecule has 2 aliphatic heterocycles. The van der Waals surface area contributed by atoms with Crippen LogP contribution in [0.25, 0.3) is 22.4 Å². The molecule has 4 N–H and O–H groups in total. The van der Waals surface area contributed by atoms with Crippen molar-refractivity contribution in [1.82, 2.24) is 15.0 Å².